The first kappa shape index (κ1) is 22.2. The number of aromatic amines is 1. The molecule has 0 saturated heterocycles. The van der Waals surface area contributed by atoms with Crippen LogP contribution in [-0.4, -0.2) is 22.0 Å². The number of aryl methyl sites for hydroxylation is 2. The Bertz CT molecular complexity index is 1020. The summed E-state index contributed by atoms with van der Waals surface area (Å²) in [5.74, 6) is -0.331. The number of amides is 1. The van der Waals surface area contributed by atoms with Crippen molar-refractivity contribution in [3.8, 4) is 0 Å². The van der Waals surface area contributed by atoms with Gasteiger partial charge in [0.2, 0.25) is 0 Å². The topological polar surface area (TPSA) is 101 Å². The van der Waals surface area contributed by atoms with Crippen molar-refractivity contribution in [2.45, 2.75) is 53.5 Å². The van der Waals surface area contributed by atoms with Crippen molar-refractivity contribution in [3.63, 3.8) is 0 Å². The smallest absolute Gasteiger partial charge is 0.330 e. The summed E-state index contributed by atoms with van der Waals surface area (Å²) in [7, 11) is 0. The summed E-state index contributed by atoms with van der Waals surface area (Å²) < 4.78 is 1.30. The molecule has 1 aromatic heterocycles. The number of nitrogens with one attached hydrogen (secondary N) is 1. The van der Waals surface area contributed by atoms with Crippen molar-refractivity contribution in [1.82, 2.24) is 9.55 Å². The standard InChI is InChI=1S/C22H30N4O3/c1-5-7-13-25(18(27)11-10-17-9-8-15(3)14-16(17)4)19-20(23)26(12-6-2)22(29)24-21(19)28/h8-11,14H,5-7,12-13,23H2,1-4H3,(H,24,28,29). The second-order valence-electron chi connectivity index (χ2n) is 7.18. The van der Waals surface area contributed by atoms with E-state index in [1.807, 2.05) is 45.9 Å². The van der Waals surface area contributed by atoms with Crippen LogP contribution in [-0.2, 0) is 11.3 Å². The molecular weight excluding hydrogens is 368 g/mol. The number of H-pyrrole nitrogens is 1. The Hall–Kier alpha value is -3.09. The van der Waals surface area contributed by atoms with Gasteiger partial charge in [-0.25, -0.2) is 4.79 Å². The lowest BCUT2D eigenvalue weighted by Gasteiger charge is -2.23. The fourth-order valence-electron chi connectivity index (χ4n) is 3.20. The third kappa shape index (κ3) is 5.25. The van der Waals surface area contributed by atoms with Crippen molar-refractivity contribution in [2.24, 2.45) is 0 Å². The molecule has 0 unspecified atom stereocenters. The van der Waals surface area contributed by atoms with E-state index in [0.29, 0.717) is 25.9 Å². The molecule has 1 heterocycles. The zero-order valence-electron chi connectivity index (χ0n) is 17.6. The van der Waals surface area contributed by atoms with Crippen LogP contribution < -0.4 is 21.9 Å². The number of nitrogens with zero attached hydrogens (tertiary/aromatic N) is 2. The van der Waals surface area contributed by atoms with Gasteiger partial charge in [-0.15, -0.1) is 0 Å². The van der Waals surface area contributed by atoms with Gasteiger partial charge in [-0.2, -0.15) is 0 Å². The van der Waals surface area contributed by atoms with Gasteiger partial charge in [0, 0.05) is 19.2 Å². The summed E-state index contributed by atoms with van der Waals surface area (Å²) in [6, 6.07) is 5.98. The number of nitrogen functional groups attached to an aromatic ring is 1. The first-order valence-corrected chi connectivity index (χ1v) is 9.99. The minimum absolute atomic E-state index is 0.0185. The normalized spacial score (nSPS) is 11.2. The third-order valence-corrected chi connectivity index (χ3v) is 4.76. The Balaban J connectivity index is 2.47. The Morgan fingerprint density at radius 2 is 1.93 bits per heavy atom. The molecule has 0 saturated carbocycles. The molecule has 7 heteroatoms. The maximum atomic E-state index is 13.0. The maximum absolute atomic E-state index is 13.0. The first-order chi connectivity index (χ1) is 13.8. The van der Waals surface area contributed by atoms with E-state index in [9.17, 15) is 14.4 Å². The van der Waals surface area contributed by atoms with Gasteiger partial charge in [-0.05, 0) is 43.9 Å². The molecule has 2 aromatic rings. The summed E-state index contributed by atoms with van der Waals surface area (Å²) >= 11 is 0. The molecule has 0 aliphatic carbocycles. The van der Waals surface area contributed by atoms with E-state index in [1.54, 1.807) is 6.08 Å². The Morgan fingerprint density at radius 1 is 1.21 bits per heavy atom. The maximum Gasteiger partial charge on any atom is 0.330 e. The van der Waals surface area contributed by atoms with Crippen molar-refractivity contribution >= 4 is 23.5 Å². The number of rotatable bonds is 8. The highest BCUT2D eigenvalue weighted by Crippen LogP contribution is 2.19. The van der Waals surface area contributed by atoms with Crippen molar-refractivity contribution in [2.75, 3.05) is 17.2 Å². The minimum atomic E-state index is -0.649. The predicted octanol–water partition coefficient (Wildman–Crippen LogP) is 2.99. The van der Waals surface area contributed by atoms with Crippen LogP contribution in [0.3, 0.4) is 0 Å². The van der Waals surface area contributed by atoms with Gasteiger partial charge in [-0.1, -0.05) is 44.0 Å². The molecular formula is C22H30N4O3. The van der Waals surface area contributed by atoms with Crippen LogP contribution in [0.25, 0.3) is 6.08 Å². The summed E-state index contributed by atoms with van der Waals surface area (Å²) in [5, 5.41) is 0. The zero-order valence-corrected chi connectivity index (χ0v) is 17.6. The van der Waals surface area contributed by atoms with E-state index >= 15 is 0 Å². The van der Waals surface area contributed by atoms with Gasteiger partial charge in [0.1, 0.15) is 5.82 Å². The lowest BCUT2D eigenvalue weighted by molar-refractivity contribution is -0.114. The molecule has 3 N–H and O–H groups in total. The highest BCUT2D eigenvalue weighted by molar-refractivity contribution is 6.05. The average molecular weight is 399 g/mol. The first-order valence-electron chi connectivity index (χ1n) is 9.99. The molecule has 0 bridgehead atoms. The van der Waals surface area contributed by atoms with Crippen LogP contribution in [0.5, 0.6) is 0 Å². The number of carbonyl (C=O) groups excluding carboxylic acids is 1. The van der Waals surface area contributed by atoms with Crippen molar-refractivity contribution in [3.05, 3.63) is 61.8 Å². The molecule has 0 aliphatic heterocycles. The number of hydrogen-bond donors (Lipinski definition) is 2. The number of carbonyl (C=O) groups is 1. The highest BCUT2D eigenvalue weighted by Gasteiger charge is 2.22. The van der Waals surface area contributed by atoms with Crippen molar-refractivity contribution < 1.29 is 4.79 Å². The number of benzene rings is 1. The van der Waals surface area contributed by atoms with Crippen LogP contribution in [0.1, 0.15) is 49.8 Å². The molecule has 0 radical (unpaired) electrons. The van der Waals surface area contributed by atoms with E-state index in [-0.39, 0.29) is 17.4 Å². The second kappa shape index (κ2) is 9.91. The van der Waals surface area contributed by atoms with Gasteiger partial charge in [0.05, 0.1) is 0 Å². The Labute approximate surface area is 170 Å². The van der Waals surface area contributed by atoms with E-state index in [1.165, 1.54) is 15.5 Å². The van der Waals surface area contributed by atoms with Crippen LogP contribution in [0.2, 0.25) is 0 Å². The van der Waals surface area contributed by atoms with Gasteiger partial charge in [0.25, 0.3) is 11.5 Å². The van der Waals surface area contributed by atoms with Crippen molar-refractivity contribution in [1.29, 1.82) is 0 Å². The van der Waals surface area contributed by atoms with Crippen LogP contribution in [0.15, 0.2) is 33.9 Å². The van der Waals surface area contributed by atoms with Crippen LogP contribution in [0.4, 0.5) is 11.5 Å². The number of aromatic nitrogens is 2. The SMILES string of the molecule is CCCCN(C(=O)C=Cc1ccc(C)cc1C)c1c(N)n(CCC)c(=O)[nH]c1=O. The zero-order chi connectivity index (χ0) is 21.6. The van der Waals surface area contributed by atoms with Gasteiger partial charge in [-0.3, -0.25) is 19.1 Å². The number of unbranched alkanes of at least 4 members (excludes halogenated alkanes) is 1. The molecule has 0 atom stereocenters. The largest absolute Gasteiger partial charge is 0.383 e. The molecule has 1 amide bonds. The molecule has 0 aliphatic rings. The number of anilines is 2. The van der Waals surface area contributed by atoms with Gasteiger partial charge in [0.15, 0.2) is 5.69 Å². The average Bonchev–Trinajstić information content (AvgIpc) is 2.66. The molecule has 0 spiro atoms. The lowest BCUT2D eigenvalue weighted by Crippen LogP contribution is -2.41. The molecule has 156 valence electrons. The molecule has 2 rings (SSSR count). The monoisotopic (exact) mass is 398 g/mol. The summed E-state index contributed by atoms with van der Waals surface area (Å²) in [6.45, 7) is 8.60. The molecule has 0 fully saturated rings. The predicted molar refractivity (Wildman–Crippen MR) is 118 cm³/mol. The van der Waals surface area contributed by atoms with E-state index in [2.05, 4.69) is 4.98 Å². The third-order valence-electron chi connectivity index (χ3n) is 4.76. The summed E-state index contributed by atoms with van der Waals surface area (Å²) in [4.78, 5) is 41.3. The van der Waals surface area contributed by atoms with E-state index < -0.39 is 11.2 Å². The summed E-state index contributed by atoms with van der Waals surface area (Å²) in [6.07, 6.45) is 5.40. The second-order valence-corrected chi connectivity index (χ2v) is 7.18. The van der Waals surface area contributed by atoms with Gasteiger partial charge >= 0.3 is 5.69 Å². The quantitative estimate of drug-likeness (QED) is 0.668. The molecule has 1 aromatic carbocycles. The number of nitrogens with two attached hydrogens (primary N) is 1. The van der Waals surface area contributed by atoms with Gasteiger partial charge < -0.3 is 10.6 Å². The summed E-state index contributed by atoms with van der Waals surface area (Å²) in [5.41, 5.74) is 8.10. The fraction of sp³-hybridized carbons (Fsp3) is 0.409. The molecule has 7 nitrogen and oxygen atoms in total. The Kier molecular flexibility index (Phi) is 7.59. The molecule has 29 heavy (non-hydrogen) atoms. The highest BCUT2D eigenvalue weighted by atomic mass is 16.2. The minimum Gasteiger partial charge on any atom is -0.383 e. The lowest BCUT2D eigenvalue weighted by atomic mass is 10.1. The number of hydrogen-bond acceptors (Lipinski definition) is 4. The van der Waals surface area contributed by atoms with E-state index in [0.717, 1.165) is 23.1 Å². The van der Waals surface area contributed by atoms with Crippen LogP contribution >= 0.6 is 0 Å². The fourth-order valence-corrected chi connectivity index (χ4v) is 3.20. The Morgan fingerprint density at radius 3 is 2.55 bits per heavy atom. The van der Waals surface area contributed by atoms with Crippen LogP contribution in [0, 0.1) is 13.8 Å². The van der Waals surface area contributed by atoms with E-state index in [4.69, 9.17) is 5.73 Å².